The molecule has 0 radical (unpaired) electrons. The summed E-state index contributed by atoms with van der Waals surface area (Å²) in [6.07, 6.45) is 11.8. The molecule has 1 unspecified atom stereocenters. The summed E-state index contributed by atoms with van der Waals surface area (Å²) in [5.41, 5.74) is 11.4. The van der Waals surface area contributed by atoms with Crippen LogP contribution in [-0.4, -0.2) is 24.5 Å². The Morgan fingerprint density at radius 3 is 0.789 bits per heavy atom. The van der Waals surface area contributed by atoms with Crippen LogP contribution in [0.15, 0.2) is 41.7 Å². The Balaban J connectivity index is 1.16. The molecule has 1 heterocycles. The summed E-state index contributed by atoms with van der Waals surface area (Å²) in [5.74, 6) is 0. The minimum atomic E-state index is -0.295. The first-order chi connectivity index (χ1) is 35.3. The van der Waals surface area contributed by atoms with Crippen molar-refractivity contribution in [1.29, 1.82) is 0 Å². The Bertz CT molecular complexity index is 7260. The molecule has 1 fully saturated rings. The Morgan fingerprint density at radius 1 is 0.338 bits per heavy atom. The molecule has 0 N–H and O–H groups in total. The number of benzene rings is 18. The molecule has 34 rings (SSSR count). The van der Waals surface area contributed by atoms with Crippen LogP contribution in [0.25, 0.3) is 291 Å². The summed E-state index contributed by atoms with van der Waals surface area (Å²) >= 11 is 0. The number of likely N-dealkylation sites (N-methyl/N-ethyl adjacent to an activating group) is 1. The van der Waals surface area contributed by atoms with Gasteiger partial charge >= 0.3 is 0 Å². The van der Waals surface area contributed by atoms with Crippen LogP contribution in [0.1, 0.15) is 22.3 Å². The third-order valence-corrected chi connectivity index (χ3v) is 26.1. The zero-order chi connectivity index (χ0) is 42.2. The van der Waals surface area contributed by atoms with E-state index in [-0.39, 0.29) is 16.9 Å². The van der Waals surface area contributed by atoms with E-state index in [0.717, 1.165) is 6.54 Å². The van der Waals surface area contributed by atoms with Gasteiger partial charge in [-0.05, 0) is 338 Å². The van der Waals surface area contributed by atoms with Crippen molar-refractivity contribution in [2.24, 2.45) is 0 Å². The molecule has 1 atom stereocenters. The predicted molar refractivity (Wildman–Crippen MR) is 300 cm³/mol. The molecule has 0 amide bonds. The van der Waals surface area contributed by atoms with Gasteiger partial charge < -0.3 is 0 Å². The van der Waals surface area contributed by atoms with Crippen molar-refractivity contribution in [3.63, 3.8) is 0 Å². The number of allylic oxidation sites excluding steroid dienone is 4. The smallest absolute Gasteiger partial charge is 0.0569 e. The van der Waals surface area contributed by atoms with Crippen molar-refractivity contribution in [3.05, 3.63) is 63.9 Å². The highest BCUT2D eigenvalue weighted by atomic mass is 15.2. The van der Waals surface area contributed by atoms with Crippen LogP contribution in [0.5, 0.6) is 0 Å². The Morgan fingerprint density at radius 2 is 0.563 bits per heavy atom. The maximum Gasteiger partial charge on any atom is 0.0569 e. The van der Waals surface area contributed by atoms with Crippen LogP contribution in [0.2, 0.25) is 0 Å². The maximum atomic E-state index is 3.64. The van der Waals surface area contributed by atoms with Gasteiger partial charge in [0.15, 0.2) is 0 Å². The molecule has 0 saturated carbocycles. The van der Waals surface area contributed by atoms with Gasteiger partial charge in [0.05, 0.1) is 10.8 Å². The average molecular weight is 866 g/mol. The SMILES string of the molecule is CN1CC23c4c5c6c7c8c9c(c%10c%11c2c2c4c4c%12c5c5c6c6c8c8c%13c9c9c%10c%10c%11c%11c2c2c4c4c%12c%12c5c5c6c8c6c8c%13c9c9c%10c%10c%11c2c2c4c4c%12c5c6c5c8c9c%10c2c45)C73C1/C=C/C1=C=CC=C1. The standard InChI is InChI=1S/C70H11N/c1-71-8-69-65-57-49-39-29-21-13-11-12-15-19-17(13)25-33-27(19)37-31-23(15)24-16(12)20-18-14(11)22(21)30-36-26(18)34-28(20)38-32(24)42-41(31)53-47(37)55-45(33)51(43(49)35(25)29)59(65)61(55)67-63(53)64-54(42)48(38)56-46(34)52-44(36)50(40(30)39)58(57)66(69)60(52)62(56)68(64)70(67,69)10(71)7-6-9-4-2-3-5-9/h2-4,6-7,10H,8H2,1H3/b7-6+. The normalized spacial score (nSPS) is 24.5. The van der Waals surface area contributed by atoms with Gasteiger partial charge in [-0.2, -0.15) is 0 Å². The van der Waals surface area contributed by atoms with E-state index in [1.54, 1.807) is 313 Å². The fourth-order valence-corrected chi connectivity index (χ4v) is 26.0. The van der Waals surface area contributed by atoms with Crippen molar-refractivity contribution in [2.75, 3.05) is 13.6 Å². The largest absolute Gasteiger partial charge is 0.297 e. The molecule has 5 aliphatic carbocycles. The summed E-state index contributed by atoms with van der Waals surface area (Å²) in [5, 5.41) is 90.3. The molecule has 2 spiro atoms. The van der Waals surface area contributed by atoms with E-state index in [4.69, 9.17) is 0 Å². The first kappa shape index (κ1) is 26.4. The second-order valence-electron chi connectivity index (χ2n) is 26.3. The van der Waals surface area contributed by atoms with Gasteiger partial charge in [0, 0.05) is 18.2 Å². The molecule has 1 aliphatic heterocycles. The average Bonchev–Trinajstić information content (AvgIpc) is 4.33. The topological polar surface area (TPSA) is 3.24 Å². The minimum Gasteiger partial charge on any atom is -0.297 e. The van der Waals surface area contributed by atoms with Crippen LogP contribution >= 0.6 is 0 Å². The minimum absolute atomic E-state index is 0.168. The maximum absolute atomic E-state index is 3.64. The molecule has 296 valence electrons. The molecule has 1 saturated heterocycles. The second-order valence-corrected chi connectivity index (χ2v) is 26.3. The molecule has 1 nitrogen and oxygen atoms in total. The van der Waals surface area contributed by atoms with Crippen molar-refractivity contribution in [2.45, 2.75) is 16.9 Å². The third kappa shape index (κ3) is 1.42. The number of rotatable bonds is 2. The first-order valence-corrected chi connectivity index (χ1v) is 26.6. The zero-order valence-corrected chi connectivity index (χ0v) is 36.6. The van der Waals surface area contributed by atoms with Crippen molar-refractivity contribution >= 4 is 291 Å². The predicted octanol–water partition coefficient (Wildman–Crippen LogP) is 17.8. The van der Waals surface area contributed by atoms with E-state index < -0.39 is 0 Å². The third-order valence-electron chi connectivity index (χ3n) is 26.1. The quantitative estimate of drug-likeness (QED) is 0.124. The second kappa shape index (κ2) is 5.99. The summed E-state index contributed by atoms with van der Waals surface area (Å²) in [4.78, 5) is 2.91. The molecular formula is C70H11N. The monoisotopic (exact) mass is 865 g/mol. The zero-order valence-electron chi connectivity index (χ0n) is 36.6. The van der Waals surface area contributed by atoms with Gasteiger partial charge in [-0.15, -0.1) is 5.73 Å². The molecule has 28 aromatic carbocycles. The lowest BCUT2D eigenvalue weighted by molar-refractivity contribution is 0.318. The van der Waals surface area contributed by atoms with E-state index in [1.807, 2.05) is 0 Å². The van der Waals surface area contributed by atoms with E-state index in [2.05, 4.69) is 48.1 Å². The van der Waals surface area contributed by atoms with Crippen LogP contribution in [-0.2, 0) is 10.8 Å². The highest BCUT2D eigenvalue weighted by Gasteiger charge is 2.75. The number of nitrogens with zero attached hydrogens (tertiary/aromatic N) is 1. The first-order valence-electron chi connectivity index (χ1n) is 26.6. The number of hydrogen-bond donors (Lipinski definition) is 0. The van der Waals surface area contributed by atoms with Crippen LogP contribution in [0.4, 0.5) is 0 Å². The summed E-state index contributed by atoms with van der Waals surface area (Å²) in [6, 6.07) is 0.168. The fraction of sp³-hybridized carbons (Fsp3) is 0.0714. The molecule has 0 aromatic heterocycles. The molecule has 1 heteroatoms. The van der Waals surface area contributed by atoms with Crippen LogP contribution in [0, 0.1) is 0 Å². The Hall–Kier alpha value is -8.58. The van der Waals surface area contributed by atoms with Gasteiger partial charge in [-0.3, -0.25) is 4.90 Å². The summed E-state index contributed by atoms with van der Waals surface area (Å²) in [7, 11) is 2.55. The van der Waals surface area contributed by atoms with Gasteiger partial charge in [0.25, 0.3) is 0 Å². The van der Waals surface area contributed by atoms with E-state index >= 15 is 0 Å². The molecule has 6 aliphatic rings. The number of likely N-dealkylation sites (tertiary alicyclic amines) is 1. The van der Waals surface area contributed by atoms with Gasteiger partial charge in [0.2, 0.25) is 0 Å². The lowest BCUT2D eigenvalue weighted by Crippen LogP contribution is -2.54. The molecule has 71 heavy (non-hydrogen) atoms. The lowest BCUT2D eigenvalue weighted by atomic mass is 9.48. The van der Waals surface area contributed by atoms with E-state index in [1.165, 1.54) is 5.57 Å². The van der Waals surface area contributed by atoms with Crippen molar-refractivity contribution in [1.82, 2.24) is 4.90 Å². The molecule has 0 bridgehead atoms. The highest BCUT2D eigenvalue weighted by molar-refractivity contribution is 6.82. The number of hydrogen-bond acceptors (Lipinski definition) is 1. The molecule has 28 aromatic rings. The summed E-state index contributed by atoms with van der Waals surface area (Å²) in [6.45, 7) is 1.04. The van der Waals surface area contributed by atoms with E-state index in [9.17, 15) is 0 Å². The van der Waals surface area contributed by atoms with Gasteiger partial charge in [0.1, 0.15) is 0 Å². The summed E-state index contributed by atoms with van der Waals surface area (Å²) < 4.78 is 0. The Kier molecular flexibility index (Phi) is 2.23. The van der Waals surface area contributed by atoms with Crippen LogP contribution in [0.3, 0.4) is 0 Å². The highest BCUT2D eigenvalue weighted by Crippen LogP contribution is 2.86. The van der Waals surface area contributed by atoms with Gasteiger partial charge in [-0.1, -0.05) is 12.2 Å². The lowest BCUT2D eigenvalue weighted by Gasteiger charge is -2.51. The van der Waals surface area contributed by atoms with E-state index in [0.29, 0.717) is 0 Å². The van der Waals surface area contributed by atoms with Crippen LogP contribution < -0.4 is 0 Å². The fourth-order valence-electron chi connectivity index (χ4n) is 26.0. The van der Waals surface area contributed by atoms with Crippen molar-refractivity contribution < 1.29 is 0 Å². The Labute approximate surface area is 388 Å². The van der Waals surface area contributed by atoms with Gasteiger partial charge in [-0.25, -0.2) is 0 Å². The van der Waals surface area contributed by atoms with Crippen molar-refractivity contribution in [3.8, 4) is 0 Å². The molecular weight excluding hydrogens is 855 g/mol.